The maximum absolute atomic E-state index is 12.4. The third-order valence-electron chi connectivity index (χ3n) is 5.10. The van der Waals surface area contributed by atoms with E-state index < -0.39 is 5.54 Å². The Balaban J connectivity index is 0.00000243. The van der Waals surface area contributed by atoms with Crippen molar-refractivity contribution in [3.8, 4) is 11.5 Å². The van der Waals surface area contributed by atoms with Crippen molar-refractivity contribution < 1.29 is 9.21 Å². The lowest BCUT2D eigenvalue weighted by Gasteiger charge is -2.37. The molecule has 2 aromatic rings. The molecule has 3 N–H and O–H groups in total. The normalized spacial score (nSPS) is 22.5. The number of benzene rings is 1. The Morgan fingerprint density at radius 1 is 1.35 bits per heavy atom. The maximum atomic E-state index is 12.4. The van der Waals surface area contributed by atoms with Crippen molar-refractivity contribution >= 4 is 18.3 Å². The highest BCUT2D eigenvalue weighted by Crippen LogP contribution is 2.31. The summed E-state index contributed by atoms with van der Waals surface area (Å²) in [5.74, 6) is 0.580. The molecule has 1 aliphatic rings. The van der Waals surface area contributed by atoms with Crippen LogP contribution < -0.4 is 11.1 Å². The molecule has 1 amide bonds. The molecule has 2 atom stereocenters. The van der Waals surface area contributed by atoms with E-state index in [4.69, 9.17) is 10.2 Å². The van der Waals surface area contributed by atoms with Crippen molar-refractivity contribution in [3.05, 3.63) is 41.8 Å². The summed E-state index contributed by atoms with van der Waals surface area (Å²) >= 11 is 0. The highest BCUT2D eigenvalue weighted by molar-refractivity contribution is 5.85. The van der Waals surface area contributed by atoms with Gasteiger partial charge in [0.05, 0.1) is 11.6 Å². The average Bonchev–Trinajstić information content (AvgIpc) is 3.04. The van der Waals surface area contributed by atoms with Gasteiger partial charge in [-0.25, -0.2) is 4.98 Å². The minimum atomic E-state index is -0.394. The lowest BCUT2D eigenvalue weighted by molar-refractivity contribution is -0.128. The lowest BCUT2D eigenvalue weighted by Crippen LogP contribution is -2.53. The number of carbonyl (C=O) groups is 1. The number of aryl methyl sites for hydroxylation is 1. The summed E-state index contributed by atoms with van der Waals surface area (Å²) in [5, 5.41) is 3.01. The summed E-state index contributed by atoms with van der Waals surface area (Å²) in [5.41, 5.74) is 8.91. The van der Waals surface area contributed by atoms with Gasteiger partial charge in [0.15, 0.2) is 0 Å². The molecule has 1 aromatic carbocycles. The molecule has 1 heterocycles. The molecule has 0 aliphatic heterocycles. The fourth-order valence-corrected chi connectivity index (χ4v) is 3.48. The first-order valence-electron chi connectivity index (χ1n) is 9.04. The molecular formula is C20H28ClN3O2. The predicted octanol–water partition coefficient (Wildman–Crippen LogP) is 3.64. The Bertz CT molecular complexity index is 725. The molecule has 3 rings (SSSR count). The quantitative estimate of drug-likeness (QED) is 0.833. The van der Waals surface area contributed by atoms with Crippen LogP contribution in [0.1, 0.15) is 43.9 Å². The summed E-state index contributed by atoms with van der Waals surface area (Å²) in [6, 6.07) is 8.07. The zero-order valence-electron chi connectivity index (χ0n) is 15.5. The molecule has 2 unspecified atom stereocenters. The van der Waals surface area contributed by atoms with Crippen LogP contribution in [0.4, 0.5) is 0 Å². The number of aromatic nitrogens is 1. The first kappa shape index (κ1) is 20.5. The number of carbonyl (C=O) groups excluding carboxylic acids is 1. The lowest BCUT2D eigenvalue weighted by atomic mass is 9.74. The van der Waals surface area contributed by atoms with Gasteiger partial charge in [0.2, 0.25) is 11.8 Å². The second-order valence-electron chi connectivity index (χ2n) is 7.36. The molecule has 5 nitrogen and oxygen atoms in total. The summed E-state index contributed by atoms with van der Waals surface area (Å²) in [6.07, 6.45) is 6.28. The van der Waals surface area contributed by atoms with E-state index >= 15 is 0 Å². The van der Waals surface area contributed by atoms with Crippen LogP contribution in [0, 0.1) is 12.8 Å². The van der Waals surface area contributed by atoms with Crippen LogP contribution in [-0.2, 0) is 11.2 Å². The maximum Gasteiger partial charge on any atom is 0.226 e. The van der Waals surface area contributed by atoms with Gasteiger partial charge in [-0.15, -0.1) is 12.4 Å². The predicted molar refractivity (Wildman–Crippen MR) is 105 cm³/mol. The van der Waals surface area contributed by atoms with Crippen molar-refractivity contribution in [1.82, 2.24) is 10.3 Å². The molecule has 0 saturated heterocycles. The van der Waals surface area contributed by atoms with Crippen LogP contribution in [0.15, 0.2) is 34.9 Å². The van der Waals surface area contributed by atoms with Crippen LogP contribution in [0.3, 0.4) is 0 Å². The van der Waals surface area contributed by atoms with Gasteiger partial charge in [-0.05, 0) is 38.8 Å². The number of hydrogen-bond donors (Lipinski definition) is 2. The molecular weight excluding hydrogens is 350 g/mol. The van der Waals surface area contributed by atoms with Crippen molar-refractivity contribution in [2.45, 2.75) is 51.5 Å². The standard InChI is InChI=1S/C20H27N3O2.ClH/c1-14-6-8-15(9-7-14)19-23-16(13-25-19)10-12-22-18(24)17-5-3-4-11-20(17,2)21;/h6-9,13,17H,3-5,10-12,21H2,1-2H3,(H,22,24);1H. The fraction of sp³-hybridized carbons (Fsp3) is 0.500. The number of nitrogens with one attached hydrogen (secondary N) is 1. The van der Waals surface area contributed by atoms with Gasteiger partial charge < -0.3 is 15.5 Å². The van der Waals surface area contributed by atoms with E-state index in [1.807, 2.05) is 38.1 Å². The largest absolute Gasteiger partial charge is 0.444 e. The number of nitrogens with zero attached hydrogens (tertiary/aromatic N) is 1. The van der Waals surface area contributed by atoms with Crippen LogP contribution in [0.2, 0.25) is 0 Å². The molecule has 1 aromatic heterocycles. The number of oxazole rings is 1. The van der Waals surface area contributed by atoms with E-state index in [9.17, 15) is 4.79 Å². The molecule has 0 bridgehead atoms. The number of amides is 1. The molecule has 26 heavy (non-hydrogen) atoms. The van der Waals surface area contributed by atoms with E-state index in [0.29, 0.717) is 18.9 Å². The Hall–Kier alpha value is -1.85. The minimum Gasteiger partial charge on any atom is -0.444 e. The summed E-state index contributed by atoms with van der Waals surface area (Å²) in [7, 11) is 0. The van der Waals surface area contributed by atoms with E-state index in [0.717, 1.165) is 36.9 Å². The minimum absolute atomic E-state index is 0. The van der Waals surface area contributed by atoms with Crippen molar-refractivity contribution in [1.29, 1.82) is 0 Å². The van der Waals surface area contributed by atoms with Crippen LogP contribution in [0.5, 0.6) is 0 Å². The van der Waals surface area contributed by atoms with Gasteiger partial charge in [0.25, 0.3) is 0 Å². The molecule has 1 aliphatic carbocycles. The van der Waals surface area contributed by atoms with E-state index in [1.165, 1.54) is 5.56 Å². The van der Waals surface area contributed by atoms with E-state index in [-0.39, 0.29) is 24.2 Å². The summed E-state index contributed by atoms with van der Waals surface area (Å²) < 4.78 is 5.55. The third kappa shape index (κ3) is 4.86. The van der Waals surface area contributed by atoms with E-state index in [2.05, 4.69) is 10.3 Å². The third-order valence-corrected chi connectivity index (χ3v) is 5.10. The molecule has 142 valence electrons. The first-order valence-corrected chi connectivity index (χ1v) is 9.04. The van der Waals surface area contributed by atoms with Gasteiger partial charge in [0, 0.05) is 24.1 Å². The smallest absolute Gasteiger partial charge is 0.226 e. The highest BCUT2D eigenvalue weighted by Gasteiger charge is 2.37. The van der Waals surface area contributed by atoms with Gasteiger partial charge in [0.1, 0.15) is 6.26 Å². The monoisotopic (exact) mass is 377 g/mol. The zero-order valence-corrected chi connectivity index (χ0v) is 16.3. The number of hydrogen-bond acceptors (Lipinski definition) is 4. The second kappa shape index (κ2) is 8.69. The van der Waals surface area contributed by atoms with Crippen LogP contribution in [0.25, 0.3) is 11.5 Å². The second-order valence-corrected chi connectivity index (χ2v) is 7.36. The van der Waals surface area contributed by atoms with Gasteiger partial charge in [-0.2, -0.15) is 0 Å². The van der Waals surface area contributed by atoms with Crippen LogP contribution >= 0.6 is 12.4 Å². The van der Waals surface area contributed by atoms with Crippen molar-refractivity contribution in [2.24, 2.45) is 11.7 Å². The molecule has 0 spiro atoms. The number of rotatable bonds is 5. The van der Waals surface area contributed by atoms with E-state index in [1.54, 1.807) is 6.26 Å². The SMILES string of the molecule is Cc1ccc(-c2nc(CCNC(=O)C3CCCCC3(C)N)co2)cc1.Cl. The molecule has 0 radical (unpaired) electrons. The van der Waals surface area contributed by atoms with Gasteiger partial charge in [-0.3, -0.25) is 4.79 Å². The van der Waals surface area contributed by atoms with Gasteiger partial charge >= 0.3 is 0 Å². The average molecular weight is 378 g/mol. The van der Waals surface area contributed by atoms with Gasteiger partial charge in [-0.1, -0.05) is 30.5 Å². The Labute approximate surface area is 161 Å². The Morgan fingerprint density at radius 2 is 2.08 bits per heavy atom. The Kier molecular flexibility index (Phi) is 6.84. The Morgan fingerprint density at radius 3 is 2.77 bits per heavy atom. The van der Waals surface area contributed by atoms with Crippen LogP contribution in [-0.4, -0.2) is 23.0 Å². The fourth-order valence-electron chi connectivity index (χ4n) is 3.48. The molecule has 1 fully saturated rings. The topological polar surface area (TPSA) is 81.2 Å². The molecule has 6 heteroatoms. The summed E-state index contributed by atoms with van der Waals surface area (Å²) in [6.45, 7) is 4.58. The van der Waals surface area contributed by atoms with Crippen molar-refractivity contribution in [2.75, 3.05) is 6.54 Å². The highest BCUT2D eigenvalue weighted by atomic mass is 35.5. The number of halogens is 1. The summed E-state index contributed by atoms with van der Waals surface area (Å²) in [4.78, 5) is 16.9. The number of nitrogens with two attached hydrogens (primary N) is 1. The first-order chi connectivity index (χ1) is 12.0. The molecule has 1 saturated carbocycles. The van der Waals surface area contributed by atoms with Crippen molar-refractivity contribution in [3.63, 3.8) is 0 Å². The zero-order chi connectivity index (χ0) is 17.9.